The van der Waals surface area contributed by atoms with Gasteiger partial charge >= 0.3 is 0 Å². The number of aryl methyl sites for hydroxylation is 1. The van der Waals surface area contributed by atoms with Gasteiger partial charge in [-0.1, -0.05) is 12.1 Å². The average Bonchev–Trinajstić information content (AvgIpc) is 3.08. The molecule has 3 rings (SSSR count). The Hall–Kier alpha value is -2.60. The number of anilines is 1. The number of carbonyl (C=O) groups excluding carboxylic acids is 1. The van der Waals surface area contributed by atoms with Crippen LogP contribution in [-0.4, -0.2) is 25.1 Å². The van der Waals surface area contributed by atoms with Crippen LogP contribution in [0.4, 0.5) is 5.69 Å². The van der Waals surface area contributed by atoms with Crippen LogP contribution < -0.4 is 14.8 Å². The topological polar surface area (TPSA) is 60.5 Å². The minimum absolute atomic E-state index is 0.0160. The Morgan fingerprint density at radius 2 is 1.96 bits per heavy atom. The van der Waals surface area contributed by atoms with Crippen LogP contribution in [0, 0.1) is 0 Å². The van der Waals surface area contributed by atoms with Crippen LogP contribution in [-0.2, 0) is 11.2 Å². The monoisotopic (exact) mass is 370 g/mol. The molecule has 0 bridgehead atoms. The third-order valence-electron chi connectivity index (χ3n) is 4.07. The van der Waals surface area contributed by atoms with Gasteiger partial charge in [-0.15, -0.1) is 11.3 Å². The number of fused-ring (bicyclic) bond motifs is 1. The molecule has 0 saturated carbocycles. The number of benzene rings is 2. The van der Waals surface area contributed by atoms with Crippen LogP contribution in [0.2, 0.25) is 0 Å². The number of hydrogen-bond donors (Lipinski definition) is 1. The zero-order valence-electron chi connectivity index (χ0n) is 15.0. The number of amides is 1. The molecule has 0 saturated heterocycles. The molecule has 1 heterocycles. The zero-order chi connectivity index (χ0) is 18.4. The van der Waals surface area contributed by atoms with E-state index in [9.17, 15) is 4.79 Å². The van der Waals surface area contributed by atoms with Crippen LogP contribution >= 0.6 is 11.3 Å². The molecule has 26 heavy (non-hydrogen) atoms. The summed E-state index contributed by atoms with van der Waals surface area (Å²) in [5, 5.41) is 4.03. The molecule has 0 aliphatic carbocycles. The molecule has 0 atom stereocenters. The molecule has 6 heteroatoms. The van der Waals surface area contributed by atoms with Crippen LogP contribution in [0.25, 0.3) is 10.2 Å². The van der Waals surface area contributed by atoms with E-state index in [2.05, 4.69) is 16.4 Å². The quantitative estimate of drug-likeness (QED) is 0.586. The lowest BCUT2D eigenvalue weighted by Crippen LogP contribution is -2.12. The predicted molar refractivity (Wildman–Crippen MR) is 105 cm³/mol. The van der Waals surface area contributed by atoms with Crippen molar-refractivity contribution in [1.82, 2.24) is 4.98 Å². The number of unbranched alkanes of at least 4 members (excludes halogenated alkanes) is 1. The van der Waals surface area contributed by atoms with E-state index in [1.54, 1.807) is 43.8 Å². The molecule has 0 fully saturated rings. The van der Waals surface area contributed by atoms with E-state index in [0.717, 1.165) is 29.8 Å². The van der Waals surface area contributed by atoms with Gasteiger partial charge in [-0.25, -0.2) is 4.98 Å². The first-order valence-electron chi connectivity index (χ1n) is 8.56. The third kappa shape index (κ3) is 4.52. The number of nitrogens with zero attached hydrogens (tertiary/aromatic N) is 1. The van der Waals surface area contributed by atoms with Gasteiger partial charge in [0.1, 0.15) is 11.5 Å². The molecule has 3 aromatic rings. The van der Waals surface area contributed by atoms with E-state index in [1.165, 1.54) is 4.70 Å². The van der Waals surface area contributed by atoms with Crippen molar-refractivity contribution < 1.29 is 14.3 Å². The molecule has 0 spiro atoms. The first-order valence-corrected chi connectivity index (χ1v) is 9.37. The summed E-state index contributed by atoms with van der Waals surface area (Å²) in [4.78, 5) is 16.8. The van der Waals surface area contributed by atoms with E-state index in [4.69, 9.17) is 9.47 Å². The number of para-hydroxylation sites is 1. The SMILES string of the molecule is COc1ccc(NC(=O)CCCCc2nc3ccccc3s2)c(OC)c1. The average molecular weight is 370 g/mol. The van der Waals surface area contributed by atoms with Gasteiger partial charge in [0.05, 0.1) is 35.1 Å². The van der Waals surface area contributed by atoms with Gasteiger partial charge in [0.25, 0.3) is 0 Å². The number of rotatable bonds is 8. The summed E-state index contributed by atoms with van der Waals surface area (Å²) in [6.07, 6.45) is 3.13. The highest BCUT2D eigenvalue weighted by Crippen LogP contribution is 2.29. The van der Waals surface area contributed by atoms with Gasteiger partial charge in [-0.05, 0) is 43.5 Å². The number of ether oxygens (including phenoxy) is 2. The van der Waals surface area contributed by atoms with Gasteiger partial charge < -0.3 is 14.8 Å². The van der Waals surface area contributed by atoms with Crippen molar-refractivity contribution in [3.8, 4) is 11.5 Å². The normalized spacial score (nSPS) is 10.7. The largest absolute Gasteiger partial charge is 0.497 e. The van der Waals surface area contributed by atoms with E-state index in [0.29, 0.717) is 23.6 Å². The number of carbonyl (C=O) groups is 1. The van der Waals surface area contributed by atoms with E-state index in [1.807, 2.05) is 18.2 Å². The van der Waals surface area contributed by atoms with Crippen LogP contribution in [0.1, 0.15) is 24.3 Å². The standard InChI is InChI=1S/C20H22N2O3S/c1-24-14-11-12-15(17(13-14)25-2)21-19(23)9-5-6-10-20-22-16-7-3-4-8-18(16)26-20/h3-4,7-8,11-13H,5-6,9-10H2,1-2H3,(H,21,23). The van der Waals surface area contributed by atoms with Crippen molar-refractivity contribution in [3.05, 3.63) is 47.5 Å². The Morgan fingerprint density at radius 3 is 2.73 bits per heavy atom. The van der Waals surface area contributed by atoms with E-state index < -0.39 is 0 Å². The Balaban J connectivity index is 1.47. The Morgan fingerprint density at radius 1 is 1.12 bits per heavy atom. The lowest BCUT2D eigenvalue weighted by atomic mass is 10.2. The lowest BCUT2D eigenvalue weighted by molar-refractivity contribution is -0.116. The Bertz CT molecular complexity index is 859. The molecule has 136 valence electrons. The molecule has 0 aliphatic rings. The molecule has 2 aromatic carbocycles. The molecule has 1 N–H and O–H groups in total. The second-order valence-corrected chi connectivity index (χ2v) is 7.01. The highest BCUT2D eigenvalue weighted by atomic mass is 32.1. The highest BCUT2D eigenvalue weighted by Gasteiger charge is 2.09. The molecular weight excluding hydrogens is 348 g/mol. The number of methoxy groups -OCH3 is 2. The Labute approximate surface area is 157 Å². The summed E-state index contributed by atoms with van der Waals surface area (Å²) in [6, 6.07) is 13.5. The minimum atomic E-state index is -0.0160. The van der Waals surface area contributed by atoms with Gasteiger partial charge in [0, 0.05) is 12.5 Å². The highest BCUT2D eigenvalue weighted by molar-refractivity contribution is 7.18. The predicted octanol–water partition coefficient (Wildman–Crippen LogP) is 4.67. The van der Waals surface area contributed by atoms with Crippen molar-refractivity contribution in [2.75, 3.05) is 19.5 Å². The van der Waals surface area contributed by atoms with Gasteiger partial charge in [-0.3, -0.25) is 4.79 Å². The van der Waals surface area contributed by atoms with Crippen molar-refractivity contribution >= 4 is 33.1 Å². The summed E-state index contributed by atoms with van der Waals surface area (Å²) in [5.41, 5.74) is 1.71. The molecule has 0 aliphatic heterocycles. The summed E-state index contributed by atoms with van der Waals surface area (Å²) in [5.74, 6) is 1.26. The summed E-state index contributed by atoms with van der Waals surface area (Å²) in [6.45, 7) is 0. The summed E-state index contributed by atoms with van der Waals surface area (Å²) >= 11 is 1.73. The zero-order valence-corrected chi connectivity index (χ0v) is 15.8. The summed E-state index contributed by atoms with van der Waals surface area (Å²) in [7, 11) is 3.17. The van der Waals surface area contributed by atoms with Crippen molar-refractivity contribution in [2.24, 2.45) is 0 Å². The summed E-state index contributed by atoms with van der Waals surface area (Å²) < 4.78 is 11.7. The number of hydrogen-bond acceptors (Lipinski definition) is 5. The first kappa shape index (κ1) is 18.2. The van der Waals surface area contributed by atoms with E-state index in [-0.39, 0.29) is 5.91 Å². The fraction of sp³-hybridized carbons (Fsp3) is 0.300. The van der Waals surface area contributed by atoms with Crippen LogP contribution in [0.15, 0.2) is 42.5 Å². The smallest absolute Gasteiger partial charge is 0.224 e. The van der Waals surface area contributed by atoms with Crippen molar-refractivity contribution in [2.45, 2.75) is 25.7 Å². The number of aromatic nitrogens is 1. The van der Waals surface area contributed by atoms with Gasteiger partial charge in [0.2, 0.25) is 5.91 Å². The second kappa shape index (κ2) is 8.67. The fourth-order valence-corrected chi connectivity index (χ4v) is 3.71. The first-order chi connectivity index (χ1) is 12.7. The molecule has 5 nitrogen and oxygen atoms in total. The van der Waals surface area contributed by atoms with Crippen LogP contribution in [0.3, 0.4) is 0 Å². The van der Waals surface area contributed by atoms with Crippen LogP contribution in [0.5, 0.6) is 11.5 Å². The number of thiazole rings is 1. The fourth-order valence-electron chi connectivity index (χ4n) is 2.70. The maximum atomic E-state index is 12.2. The molecular formula is C20H22N2O3S. The molecule has 1 amide bonds. The third-order valence-corrected chi connectivity index (χ3v) is 5.16. The van der Waals surface area contributed by atoms with Crippen molar-refractivity contribution in [3.63, 3.8) is 0 Å². The second-order valence-electron chi connectivity index (χ2n) is 5.90. The maximum absolute atomic E-state index is 12.2. The van der Waals surface area contributed by atoms with Gasteiger partial charge in [-0.2, -0.15) is 0 Å². The molecule has 0 unspecified atom stereocenters. The minimum Gasteiger partial charge on any atom is -0.497 e. The lowest BCUT2D eigenvalue weighted by Gasteiger charge is -2.11. The van der Waals surface area contributed by atoms with Crippen molar-refractivity contribution in [1.29, 1.82) is 0 Å². The maximum Gasteiger partial charge on any atom is 0.224 e. The van der Waals surface area contributed by atoms with Gasteiger partial charge in [0.15, 0.2) is 0 Å². The number of nitrogens with one attached hydrogen (secondary N) is 1. The molecule has 1 aromatic heterocycles. The molecule has 0 radical (unpaired) electrons. The Kier molecular flexibility index (Phi) is 6.07. The van der Waals surface area contributed by atoms with E-state index >= 15 is 0 Å².